The first-order valence-corrected chi connectivity index (χ1v) is 6.39. The van der Waals surface area contributed by atoms with Gasteiger partial charge in [-0.15, -0.1) is 23.7 Å². The molecule has 0 aromatic carbocycles. The highest BCUT2D eigenvalue weighted by Crippen LogP contribution is 2.14. The molecule has 1 aromatic heterocycles. The minimum atomic E-state index is 0. The van der Waals surface area contributed by atoms with E-state index in [0.29, 0.717) is 0 Å². The van der Waals surface area contributed by atoms with Gasteiger partial charge in [-0.05, 0) is 44.9 Å². The molecule has 0 saturated carbocycles. The molecule has 0 fully saturated rings. The van der Waals surface area contributed by atoms with Gasteiger partial charge in [0.2, 0.25) is 0 Å². The van der Waals surface area contributed by atoms with Crippen LogP contribution in [0.5, 0.6) is 0 Å². The number of rotatable bonds is 8. The third-order valence-electron chi connectivity index (χ3n) is 2.30. The normalized spacial score (nSPS) is 10.1. The van der Waals surface area contributed by atoms with E-state index in [1.165, 1.54) is 29.0 Å². The fourth-order valence-electron chi connectivity index (χ4n) is 1.46. The number of halogens is 1. The van der Waals surface area contributed by atoms with Gasteiger partial charge < -0.3 is 10.1 Å². The van der Waals surface area contributed by atoms with Crippen molar-refractivity contribution >= 4 is 23.7 Å². The summed E-state index contributed by atoms with van der Waals surface area (Å²) in [5.74, 6) is 0. The molecule has 0 amide bonds. The predicted molar refractivity (Wildman–Crippen MR) is 73.7 cm³/mol. The smallest absolute Gasteiger partial charge is 0.0462 e. The number of unbranched alkanes of at least 4 members (excludes halogenated alkanes) is 2. The zero-order valence-electron chi connectivity index (χ0n) is 10.1. The lowest BCUT2D eigenvalue weighted by Gasteiger charge is -2.02. The number of hydrogen-bond donors (Lipinski definition) is 1. The lowest BCUT2D eigenvalue weighted by atomic mass is 10.2. The molecular weight excluding hydrogens is 242 g/mol. The fourth-order valence-corrected chi connectivity index (χ4v) is 2.32. The minimum absolute atomic E-state index is 0. The highest BCUT2D eigenvalue weighted by Gasteiger charge is 1.95. The highest BCUT2D eigenvalue weighted by molar-refractivity contribution is 7.11. The molecule has 16 heavy (non-hydrogen) atoms. The molecule has 0 aliphatic rings. The quantitative estimate of drug-likeness (QED) is 0.726. The van der Waals surface area contributed by atoms with Gasteiger partial charge in [-0.25, -0.2) is 0 Å². The van der Waals surface area contributed by atoms with Gasteiger partial charge in [0.1, 0.15) is 0 Å². The average Bonchev–Trinajstić information content (AvgIpc) is 2.63. The van der Waals surface area contributed by atoms with Crippen LogP contribution in [-0.2, 0) is 11.3 Å². The van der Waals surface area contributed by atoms with E-state index in [-0.39, 0.29) is 12.4 Å². The molecule has 4 heteroatoms. The van der Waals surface area contributed by atoms with Crippen LogP contribution in [0.2, 0.25) is 0 Å². The third kappa shape index (κ3) is 7.23. The Morgan fingerprint density at radius 3 is 2.69 bits per heavy atom. The summed E-state index contributed by atoms with van der Waals surface area (Å²) in [7, 11) is 1.76. The summed E-state index contributed by atoms with van der Waals surface area (Å²) in [6.45, 7) is 5.17. The lowest BCUT2D eigenvalue weighted by Crippen LogP contribution is -2.13. The van der Waals surface area contributed by atoms with Gasteiger partial charge in [0.05, 0.1) is 0 Å². The van der Waals surface area contributed by atoms with Crippen molar-refractivity contribution in [3.8, 4) is 0 Å². The van der Waals surface area contributed by atoms with Crippen LogP contribution < -0.4 is 5.32 Å². The second-order valence-electron chi connectivity index (χ2n) is 3.74. The summed E-state index contributed by atoms with van der Waals surface area (Å²) < 4.78 is 5.00. The summed E-state index contributed by atoms with van der Waals surface area (Å²) in [6, 6.07) is 4.39. The van der Waals surface area contributed by atoms with Gasteiger partial charge in [-0.1, -0.05) is 0 Å². The Kier molecular flexibility index (Phi) is 10.0. The van der Waals surface area contributed by atoms with Crippen LogP contribution in [-0.4, -0.2) is 20.3 Å². The molecular formula is C12H22ClNOS. The summed E-state index contributed by atoms with van der Waals surface area (Å²) in [6.07, 6.45) is 3.67. The maximum Gasteiger partial charge on any atom is 0.0462 e. The van der Waals surface area contributed by atoms with E-state index in [1.807, 2.05) is 11.3 Å². The largest absolute Gasteiger partial charge is 0.385 e. The van der Waals surface area contributed by atoms with Crippen LogP contribution in [0.25, 0.3) is 0 Å². The maximum atomic E-state index is 5.00. The molecule has 1 rings (SSSR count). The van der Waals surface area contributed by atoms with Gasteiger partial charge in [0.25, 0.3) is 0 Å². The van der Waals surface area contributed by atoms with Gasteiger partial charge in [-0.3, -0.25) is 0 Å². The Bertz CT molecular complexity index is 265. The van der Waals surface area contributed by atoms with Crippen molar-refractivity contribution < 1.29 is 4.74 Å². The molecule has 0 radical (unpaired) electrons. The van der Waals surface area contributed by atoms with Crippen molar-refractivity contribution in [1.29, 1.82) is 0 Å². The van der Waals surface area contributed by atoms with E-state index in [0.717, 1.165) is 19.7 Å². The zero-order valence-corrected chi connectivity index (χ0v) is 11.8. The van der Waals surface area contributed by atoms with Crippen molar-refractivity contribution in [2.75, 3.05) is 20.3 Å². The predicted octanol–water partition coefficient (Wildman–Crippen LogP) is 3.38. The Morgan fingerprint density at radius 2 is 2.06 bits per heavy atom. The number of aryl methyl sites for hydroxylation is 1. The Morgan fingerprint density at radius 1 is 1.25 bits per heavy atom. The van der Waals surface area contributed by atoms with Crippen LogP contribution in [0, 0.1) is 6.92 Å². The van der Waals surface area contributed by atoms with Crippen LogP contribution >= 0.6 is 23.7 Å². The van der Waals surface area contributed by atoms with E-state index in [9.17, 15) is 0 Å². The summed E-state index contributed by atoms with van der Waals surface area (Å²) in [5, 5.41) is 3.46. The van der Waals surface area contributed by atoms with Crippen molar-refractivity contribution in [3.63, 3.8) is 0 Å². The Balaban J connectivity index is 0.00000225. The maximum absolute atomic E-state index is 5.00. The van der Waals surface area contributed by atoms with Crippen molar-refractivity contribution in [1.82, 2.24) is 5.32 Å². The monoisotopic (exact) mass is 263 g/mol. The van der Waals surface area contributed by atoms with Crippen LogP contribution in [0.1, 0.15) is 29.0 Å². The van der Waals surface area contributed by atoms with E-state index >= 15 is 0 Å². The fraction of sp³-hybridized carbons (Fsp3) is 0.667. The average molecular weight is 264 g/mol. The van der Waals surface area contributed by atoms with E-state index < -0.39 is 0 Å². The van der Waals surface area contributed by atoms with Crippen LogP contribution in [0.4, 0.5) is 0 Å². The standard InChI is InChI=1S/C12H21NOS.ClH/c1-11-6-7-12(15-11)10-13-8-4-3-5-9-14-2;/h6-7,13H,3-5,8-10H2,1-2H3;1H. The van der Waals surface area contributed by atoms with E-state index in [2.05, 4.69) is 24.4 Å². The van der Waals surface area contributed by atoms with Crippen LogP contribution in [0.15, 0.2) is 12.1 Å². The molecule has 0 atom stereocenters. The van der Waals surface area contributed by atoms with E-state index in [1.54, 1.807) is 7.11 Å². The van der Waals surface area contributed by atoms with Gasteiger partial charge in [-0.2, -0.15) is 0 Å². The number of nitrogens with one attached hydrogen (secondary N) is 1. The van der Waals surface area contributed by atoms with Gasteiger partial charge in [0, 0.05) is 30.0 Å². The topological polar surface area (TPSA) is 21.3 Å². The molecule has 0 spiro atoms. The number of thiophene rings is 1. The SMILES string of the molecule is COCCCCCNCc1ccc(C)s1.Cl. The molecule has 1 N–H and O–H groups in total. The van der Waals surface area contributed by atoms with Gasteiger partial charge in [0.15, 0.2) is 0 Å². The number of ether oxygens (including phenoxy) is 1. The molecule has 94 valence electrons. The molecule has 0 saturated heterocycles. The number of hydrogen-bond acceptors (Lipinski definition) is 3. The molecule has 0 bridgehead atoms. The molecule has 0 aliphatic heterocycles. The first kappa shape index (κ1) is 15.9. The summed E-state index contributed by atoms with van der Waals surface area (Å²) in [5.41, 5.74) is 0. The highest BCUT2D eigenvalue weighted by atomic mass is 35.5. The molecule has 2 nitrogen and oxygen atoms in total. The second kappa shape index (κ2) is 10.1. The molecule has 0 aliphatic carbocycles. The summed E-state index contributed by atoms with van der Waals surface area (Å²) in [4.78, 5) is 2.83. The first-order chi connectivity index (χ1) is 7.33. The Hall–Kier alpha value is -0.0900. The Labute approximate surface area is 109 Å². The zero-order chi connectivity index (χ0) is 10.9. The lowest BCUT2D eigenvalue weighted by molar-refractivity contribution is 0.192. The second-order valence-corrected chi connectivity index (χ2v) is 5.12. The number of methoxy groups -OCH3 is 1. The first-order valence-electron chi connectivity index (χ1n) is 5.58. The minimum Gasteiger partial charge on any atom is -0.385 e. The summed E-state index contributed by atoms with van der Waals surface area (Å²) >= 11 is 1.88. The molecule has 1 aromatic rings. The molecule has 0 unspecified atom stereocenters. The van der Waals surface area contributed by atoms with Crippen LogP contribution in [0.3, 0.4) is 0 Å². The van der Waals surface area contributed by atoms with Crippen molar-refractivity contribution in [3.05, 3.63) is 21.9 Å². The van der Waals surface area contributed by atoms with Gasteiger partial charge >= 0.3 is 0 Å². The van der Waals surface area contributed by atoms with E-state index in [4.69, 9.17) is 4.74 Å². The van der Waals surface area contributed by atoms with Crippen molar-refractivity contribution in [2.24, 2.45) is 0 Å². The molecule has 1 heterocycles. The van der Waals surface area contributed by atoms with Crippen molar-refractivity contribution in [2.45, 2.75) is 32.7 Å². The third-order valence-corrected chi connectivity index (χ3v) is 3.30.